The van der Waals surface area contributed by atoms with Gasteiger partial charge >= 0.3 is 0 Å². The van der Waals surface area contributed by atoms with Crippen LogP contribution in [-0.2, 0) is 0 Å². The first-order valence-electron chi connectivity index (χ1n) is 9.08. The van der Waals surface area contributed by atoms with Crippen molar-refractivity contribution in [3.63, 3.8) is 0 Å². The highest BCUT2D eigenvalue weighted by Crippen LogP contribution is 2.24. The van der Waals surface area contributed by atoms with Gasteiger partial charge in [0.15, 0.2) is 0 Å². The molecule has 0 spiro atoms. The summed E-state index contributed by atoms with van der Waals surface area (Å²) >= 11 is 0. The fraction of sp³-hybridized carbons (Fsp3) is 0.182. The highest BCUT2D eigenvalue weighted by atomic mass is 16.5. The molecule has 4 rings (SSSR count). The molecule has 1 aliphatic rings. The zero-order valence-corrected chi connectivity index (χ0v) is 15.0. The van der Waals surface area contributed by atoms with Crippen molar-refractivity contribution in [2.24, 2.45) is 0 Å². The number of aromatic nitrogens is 1. The summed E-state index contributed by atoms with van der Waals surface area (Å²) in [5.41, 5.74) is 1.69. The standard InChI is InChI=1S/C22H21N3O2/c26-22(25-16-14-24(15-17-25)18-8-3-1-4-9-18)20-12-7-13-23-21(20)27-19-10-5-2-6-11-19/h1-13H,14-17H2. The Bertz CT molecular complexity index is 892. The molecule has 3 aromatic rings. The summed E-state index contributed by atoms with van der Waals surface area (Å²) in [5.74, 6) is 0.972. The number of hydrogen-bond donors (Lipinski definition) is 0. The van der Waals surface area contributed by atoms with Crippen LogP contribution in [0.25, 0.3) is 0 Å². The van der Waals surface area contributed by atoms with Crippen LogP contribution in [0.15, 0.2) is 79.0 Å². The van der Waals surface area contributed by atoms with Crippen LogP contribution in [0, 0.1) is 0 Å². The van der Waals surface area contributed by atoms with Gasteiger partial charge in [0.05, 0.1) is 0 Å². The van der Waals surface area contributed by atoms with E-state index in [-0.39, 0.29) is 5.91 Å². The molecule has 136 valence electrons. The highest BCUT2D eigenvalue weighted by Gasteiger charge is 2.25. The van der Waals surface area contributed by atoms with Crippen LogP contribution >= 0.6 is 0 Å². The lowest BCUT2D eigenvalue weighted by atomic mass is 10.2. The average Bonchev–Trinajstić information content (AvgIpc) is 2.75. The number of hydrogen-bond acceptors (Lipinski definition) is 4. The van der Waals surface area contributed by atoms with Crippen molar-refractivity contribution >= 4 is 11.6 Å². The normalized spacial score (nSPS) is 14.1. The van der Waals surface area contributed by atoms with Gasteiger partial charge in [-0.2, -0.15) is 0 Å². The number of piperazine rings is 1. The number of carbonyl (C=O) groups is 1. The second kappa shape index (κ2) is 7.91. The third-order valence-corrected chi connectivity index (χ3v) is 4.65. The Morgan fingerprint density at radius 1 is 0.815 bits per heavy atom. The maximum atomic E-state index is 13.0. The lowest BCUT2D eigenvalue weighted by Gasteiger charge is -2.36. The Balaban J connectivity index is 1.46. The number of nitrogens with zero attached hydrogens (tertiary/aromatic N) is 3. The second-order valence-electron chi connectivity index (χ2n) is 6.39. The van der Waals surface area contributed by atoms with E-state index >= 15 is 0 Å². The fourth-order valence-electron chi connectivity index (χ4n) is 3.21. The molecule has 0 atom stereocenters. The molecule has 0 unspecified atom stereocenters. The van der Waals surface area contributed by atoms with Crippen molar-refractivity contribution in [2.75, 3.05) is 31.1 Å². The summed E-state index contributed by atoms with van der Waals surface area (Å²) in [6.45, 7) is 2.97. The van der Waals surface area contributed by atoms with Crippen molar-refractivity contribution < 1.29 is 9.53 Å². The van der Waals surface area contributed by atoms with Crippen molar-refractivity contribution in [2.45, 2.75) is 0 Å². The smallest absolute Gasteiger partial charge is 0.259 e. The summed E-state index contributed by atoms with van der Waals surface area (Å²) in [4.78, 5) is 21.5. The van der Waals surface area contributed by atoms with Crippen LogP contribution < -0.4 is 9.64 Å². The number of rotatable bonds is 4. The van der Waals surface area contributed by atoms with Gasteiger partial charge in [-0.1, -0.05) is 36.4 Å². The van der Waals surface area contributed by atoms with E-state index in [0.29, 0.717) is 30.3 Å². The SMILES string of the molecule is O=C(c1cccnc1Oc1ccccc1)N1CCN(c2ccccc2)CC1. The van der Waals surface area contributed by atoms with Gasteiger partial charge in [-0.05, 0) is 36.4 Å². The predicted molar refractivity (Wildman–Crippen MR) is 105 cm³/mol. The zero-order chi connectivity index (χ0) is 18.5. The van der Waals surface area contributed by atoms with Gasteiger partial charge in [0, 0.05) is 38.1 Å². The number of ether oxygens (including phenoxy) is 1. The second-order valence-corrected chi connectivity index (χ2v) is 6.39. The molecule has 1 amide bonds. The monoisotopic (exact) mass is 359 g/mol. The van der Waals surface area contributed by atoms with Gasteiger partial charge in [0.1, 0.15) is 11.3 Å². The molecule has 5 heteroatoms. The molecule has 2 aromatic carbocycles. The van der Waals surface area contributed by atoms with Gasteiger partial charge in [-0.15, -0.1) is 0 Å². The summed E-state index contributed by atoms with van der Waals surface area (Å²) < 4.78 is 5.84. The maximum absolute atomic E-state index is 13.0. The van der Waals surface area contributed by atoms with Gasteiger partial charge in [0.2, 0.25) is 5.88 Å². The van der Waals surface area contributed by atoms with Crippen LogP contribution in [0.5, 0.6) is 11.6 Å². The highest BCUT2D eigenvalue weighted by molar-refractivity contribution is 5.96. The fourth-order valence-corrected chi connectivity index (χ4v) is 3.21. The van der Waals surface area contributed by atoms with Gasteiger partial charge in [-0.3, -0.25) is 4.79 Å². The maximum Gasteiger partial charge on any atom is 0.259 e. The molecule has 0 aliphatic carbocycles. The first-order chi connectivity index (χ1) is 13.3. The topological polar surface area (TPSA) is 45.7 Å². The molecule has 5 nitrogen and oxygen atoms in total. The largest absolute Gasteiger partial charge is 0.438 e. The molecular weight excluding hydrogens is 338 g/mol. The van der Waals surface area contributed by atoms with Gasteiger partial charge < -0.3 is 14.5 Å². The van der Waals surface area contributed by atoms with Crippen molar-refractivity contribution in [3.05, 3.63) is 84.6 Å². The van der Waals surface area contributed by atoms with E-state index in [1.807, 2.05) is 53.4 Å². The first-order valence-corrected chi connectivity index (χ1v) is 9.08. The molecule has 1 aliphatic heterocycles. The molecule has 0 bridgehead atoms. The average molecular weight is 359 g/mol. The van der Waals surface area contributed by atoms with Crippen LogP contribution in [0.1, 0.15) is 10.4 Å². The Hall–Kier alpha value is -3.34. The van der Waals surface area contributed by atoms with Crippen LogP contribution in [-0.4, -0.2) is 42.0 Å². The predicted octanol–water partition coefficient (Wildman–Crippen LogP) is 3.84. The zero-order valence-electron chi connectivity index (χ0n) is 15.0. The van der Waals surface area contributed by atoms with Gasteiger partial charge in [0.25, 0.3) is 5.91 Å². The Morgan fingerprint density at radius 2 is 1.48 bits per heavy atom. The third kappa shape index (κ3) is 3.92. The van der Waals surface area contributed by atoms with Crippen molar-refractivity contribution in [1.29, 1.82) is 0 Å². The Morgan fingerprint density at radius 3 is 2.19 bits per heavy atom. The minimum Gasteiger partial charge on any atom is -0.438 e. The number of anilines is 1. The molecule has 0 radical (unpaired) electrons. The summed E-state index contributed by atoms with van der Waals surface area (Å²) in [5, 5.41) is 0. The van der Waals surface area contributed by atoms with Crippen LogP contribution in [0.4, 0.5) is 5.69 Å². The number of para-hydroxylation sites is 2. The van der Waals surface area contributed by atoms with Crippen molar-refractivity contribution in [1.82, 2.24) is 9.88 Å². The molecule has 2 heterocycles. The molecule has 1 aromatic heterocycles. The van der Waals surface area contributed by atoms with E-state index in [9.17, 15) is 4.79 Å². The van der Waals surface area contributed by atoms with E-state index in [0.717, 1.165) is 13.1 Å². The van der Waals surface area contributed by atoms with Crippen LogP contribution in [0.3, 0.4) is 0 Å². The third-order valence-electron chi connectivity index (χ3n) is 4.65. The van der Waals surface area contributed by atoms with E-state index in [1.165, 1.54) is 5.69 Å². The van der Waals surface area contributed by atoms with E-state index in [1.54, 1.807) is 18.3 Å². The lowest BCUT2D eigenvalue weighted by molar-refractivity contribution is 0.0743. The summed E-state index contributed by atoms with van der Waals surface area (Å²) in [6.07, 6.45) is 1.64. The lowest BCUT2D eigenvalue weighted by Crippen LogP contribution is -2.48. The van der Waals surface area contributed by atoms with Gasteiger partial charge in [-0.25, -0.2) is 4.98 Å². The Kier molecular flexibility index (Phi) is 5.01. The quantitative estimate of drug-likeness (QED) is 0.710. The number of pyridine rings is 1. The molecule has 0 saturated carbocycles. The molecule has 1 fully saturated rings. The van der Waals surface area contributed by atoms with Crippen LogP contribution in [0.2, 0.25) is 0 Å². The summed E-state index contributed by atoms with van der Waals surface area (Å²) in [6, 6.07) is 23.2. The molecule has 27 heavy (non-hydrogen) atoms. The minimum absolute atomic E-state index is 0.0401. The van der Waals surface area contributed by atoms with E-state index in [2.05, 4.69) is 22.0 Å². The first kappa shape index (κ1) is 17.1. The van der Waals surface area contributed by atoms with E-state index in [4.69, 9.17) is 4.74 Å². The number of carbonyl (C=O) groups excluding carboxylic acids is 1. The number of amides is 1. The van der Waals surface area contributed by atoms with Crippen molar-refractivity contribution in [3.8, 4) is 11.6 Å². The van der Waals surface area contributed by atoms with E-state index < -0.39 is 0 Å². The Labute approximate surface area is 158 Å². The molecule has 1 saturated heterocycles. The molecule has 0 N–H and O–H groups in total. The minimum atomic E-state index is -0.0401. The molecular formula is C22H21N3O2. The number of benzene rings is 2. The summed E-state index contributed by atoms with van der Waals surface area (Å²) in [7, 11) is 0.